The lowest BCUT2D eigenvalue weighted by Crippen LogP contribution is -2.65. The summed E-state index contributed by atoms with van der Waals surface area (Å²) in [5, 5.41) is 8.63. The molecule has 0 aliphatic carbocycles. The van der Waals surface area contributed by atoms with Crippen molar-refractivity contribution < 1.29 is 19.4 Å². The maximum atomic E-state index is 12.4. The molecule has 0 atom stereocenters. The predicted molar refractivity (Wildman–Crippen MR) is 79.4 cm³/mol. The lowest BCUT2D eigenvalue weighted by atomic mass is 9.97. The average Bonchev–Trinajstić information content (AvgIpc) is 2.37. The topological polar surface area (TPSA) is 73.3 Å². The number of likely N-dealkylation sites (tertiary alicyclic amines) is 1. The number of ether oxygens (including phenoxy) is 1. The van der Waals surface area contributed by atoms with Crippen molar-refractivity contribution in [2.24, 2.45) is 0 Å². The van der Waals surface area contributed by atoms with Gasteiger partial charge in [0.1, 0.15) is 12.2 Å². The van der Waals surface area contributed by atoms with Crippen LogP contribution < -0.4 is 0 Å². The van der Waals surface area contributed by atoms with Crippen molar-refractivity contribution >= 4 is 12.0 Å². The van der Waals surface area contributed by atoms with Crippen LogP contribution in [0.4, 0.5) is 4.79 Å². The number of hydrogen-bond donors (Lipinski definition) is 1. The first kappa shape index (κ1) is 17.7. The lowest BCUT2D eigenvalue weighted by Gasteiger charge is -2.48. The van der Waals surface area contributed by atoms with Crippen LogP contribution in [0, 0.1) is 0 Å². The molecule has 0 bridgehead atoms. The van der Waals surface area contributed by atoms with E-state index in [0.717, 1.165) is 19.5 Å². The van der Waals surface area contributed by atoms with Gasteiger partial charge in [0.05, 0.1) is 13.1 Å². The second-order valence-electron chi connectivity index (χ2n) is 6.06. The van der Waals surface area contributed by atoms with Crippen LogP contribution in [0.1, 0.15) is 20.3 Å². The van der Waals surface area contributed by atoms with Gasteiger partial charge in [-0.3, -0.25) is 0 Å². The van der Waals surface area contributed by atoms with Gasteiger partial charge in [-0.05, 0) is 27.4 Å². The molecule has 1 N–H and O–H groups in total. The molecule has 1 aliphatic rings. The SMILES string of the molecule is CCCN(CCN(C)C)C(=O)N1CC(C)(OCC(=O)O)C1. The van der Waals surface area contributed by atoms with Crippen LogP contribution >= 0.6 is 0 Å². The number of urea groups is 1. The standard InChI is InChI=1S/C14H27N3O4/c1-5-6-16(8-7-15(3)4)13(20)17-10-14(2,11-17)21-9-12(18)19/h5-11H2,1-4H3,(H,18,19). The van der Waals surface area contributed by atoms with E-state index in [-0.39, 0.29) is 12.6 Å². The molecule has 2 amide bonds. The van der Waals surface area contributed by atoms with E-state index in [1.54, 1.807) is 4.90 Å². The van der Waals surface area contributed by atoms with Crippen molar-refractivity contribution in [3.05, 3.63) is 0 Å². The van der Waals surface area contributed by atoms with E-state index in [4.69, 9.17) is 9.84 Å². The van der Waals surface area contributed by atoms with Gasteiger partial charge in [0.25, 0.3) is 0 Å². The first-order chi connectivity index (χ1) is 9.77. The maximum absolute atomic E-state index is 12.4. The molecule has 0 radical (unpaired) electrons. The Bertz CT molecular complexity index is 367. The van der Waals surface area contributed by atoms with Crippen LogP contribution in [0.25, 0.3) is 0 Å². The Morgan fingerprint density at radius 1 is 1.24 bits per heavy atom. The molecule has 7 nitrogen and oxygen atoms in total. The number of carbonyl (C=O) groups is 2. The summed E-state index contributed by atoms with van der Waals surface area (Å²) in [5.74, 6) is -0.986. The zero-order chi connectivity index (χ0) is 16.0. The van der Waals surface area contributed by atoms with Crippen LogP contribution in [0.2, 0.25) is 0 Å². The molecule has 1 fully saturated rings. The first-order valence-electron chi connectivity index (χ1n) is 7.32. The van der Waals surface area contributed by atoms with Crippen LogP contribution in [-0.2, 0) is 9.53 Å². The number of nitrogens with zero attached hydrogens (tertiary/aromatic N) is 3. The van der Waals surface area contributed by atoms with E-state index in [1.807, 2.05) is 37.7 Å². The number of aliphatic carboxylic acids is 1. The third-order valence-corrected chi connectivity index (χ3v) is 3.45. The Labute approximate surface area is 126 Å². The minimum Gasteiger partial charge on any atom is -0.480 e. The quantitative estimate of drug-likeness (QED) is 0.709. The number of rotatable bonds is 8. The van der Waals surface area contributed by atoms with Crippen molar-refractivity contribution in [3.8, 4) is 0 Å². The van der Waals surface area contributed by atoms with Crippen molar-refractivity contribution in [2.75, 3.05) is 53.4 Å². The molecule has 0 spiro atoms. The second kappa shape index (κ2) is 7.61. The third kappa shape index (κ3) is 5.51. The van der Waals surface area contributed by atoms with E-state index in [9.17, 15) is 9.59 Å². The van der Waals surface area contributed by atoms with E-state index >= 15 is 0 Å². The van der Waals surface area contributed by atoms with E-state index in [1.165, 1.54) is 0 Å². The highest BCUT2D eigenvalue weighted by atomic mass is 16.5. The van der Waals surface area contributed by atoms with Crippen LogP contribution in [0.5, 0.6) is 0 Å². The Hall–Kier alpha value is -1.34. The smallest absolute Gasteiger partial charge is 0.329 e. The zero-order valence-electron chi connectivity index (χ0n) is 13.5. The summed E-state index contributed by atoms with van der Waals surface area (Å²) in [5.41, 5.74) is -0.534. The summed E-state index contributed by atoms with van der Waals surface area (Å²) in [7, 11) is 3.96. The second-order valence-corrected chi connectivity index (χ2v) is 6.06. The number of likely N-dealkylation sites (N-methyl/N-ethyl adjacent to an activating group) is 1. The van der Waals surface area contributed by atoms with Gasteiger partial charge >= 0.3 is 12.0 Å². The van der Waals surface area contributed by atoms with Gasteiger partial charge in [-0.2, -0.15) is 0 Å². The molecule has 0 aromatic carbocycles. The highest BCUT2D eigenvalue weighted by molar-refractivity contribution is 5.76. The number of hydrogen-bond acceptors (Lipinski definition) is 4. The summed E-state index contributed by atoms with van der Waals surface area (Å²) in [6.07, 6.45) is 0.916. The molecular weight excluding hydrogens is 274 g/mol. The molecule has 1 heterocycles. The molecule has 0 aromatic heterocycles. The van der Waals surface area contributed by atoms with Crippen LogP contribution in [0.15, 0.2) is 0 Å². The molecule has 7 heteroatoms. The monoisotopic (exact) mass is 301 g/mol. The highest BCUT2D eigenvalue weighted by Gasteiger charge is 2.43. The van der Waals surface area contributed by atoms with E-state index in [2.05, 4.69) is 0 Å². The molecule has 1 saturated heterocycles. The summed E-state index contributed by atoms with van der Waals surface area (Å²) in [6.45, 7) is 6.71. The fourth-order valence-corrected chi connectivity index (χ4v) is 2.32. The van der Waals surface area contributed by atoms with Gasteiger partial charge in [0.15, 0.2) is 0 Å². The molecule has 1 rings (SSSR count). The number of carbonyl (C=O) groups excluding carboxylic acids is 1. The Morgan fingerprint density at radius 2 is 1.86 bits per heavy atom. The van der Waals surface area contributed by atoms with Gasteiger partial charge in [0, 0.05) is 19.6 Å². The van der Waals surface area contributed by atoms with Crippen LogP contribution in [0.3, 0.4) is 0 Å². The molecule has 21 heavy (non-hydrogen) atoms. The minimum absolute atomic E-state index is 0.00935. The molecule has 1 aliphatic heterocycles. The van der Waals surface area contributed by atoms with Crippen molar-refractivity contribution in [1.29, 1.82) is 0 Å². The summed E-state index contributed by atoms with van der Waals surface area (Å²) >= 11 is 0. The normalized spacial score (nSPS) is 16.7. The van der Waals surface area contributed by atoms with Gasteiger partial charge in [-0.25, -0.2) is 9.59 Å². The van der Waals surface area contributed by atoms with Gasteiger partial charge in [0.2, 0.25) is 0 Å². The van der Waals surface area contributed by atoms with Crippen molar-refractivity contribution in [3.63, 3.8) is 0 Å². The zero-order valence-corrected chi connectivity index (χ0v) is 13.5. The van der Waals surface area contributed by atoms with Crippen molar-refractivity contribution in [1.82, 2.24) is 14.7 Å². The largest absolute Gasteiger partial charge is 0.480 e. The first-order valence-corrected chi connectivity index (χ1v) is 7.32. The summed E-state index contributed by atoms with van der Waals surface area (Å²) in [4.78, 5) is 28.5. The fourth-order valence-electron chi connectivity index (χ4n) is 2.32. The number of carboxylic acid groups (broad SMARTS) is 1. The minimum atomic E-state index is -0.986. The Kier molecular flexibility index (Phi) is 6.42. The molecule has 0 unspecified atom stereocenters. The average molecular weight is 301 g/mol. The van der Waals surface area contributed by atoms with Gasteiger partial charge in [-0.15, -0.1) is 0 Å². The number of amides is 2. The van der Waals surface area contributed by atoms with E-state index in [0.29, 0.717) is 19.6 Å². The summed E-state index contributed by atoms with van der Waals surface area (Å²) in [6, 6.07) is 0.00935. The number of carboxylic acids is 1. The van der Waals surface area contributed by atoms with Gasteiger partial charge < -0.3 is 24.5 Å². The van der Waals surface area contributed by atoms with Gasteiger partial charge in [-0.1, -0.05) is 6.92 Å². The predicted octanol–water partition coefficient (Wildman–Crippen LogP) is 0.556. The van der Waals surface area contributed by atoms with E-state index < -0.39 is 11.6 Å². The lowest BCUT2D eigenvalue weighted by molar-refractivity contribution is -0.160. The molecule has 0 saturated carbocycles. The van der Waals surface area contributed by atoms with Crippen molar-refractivity contribution in [2.45, 2.75) is 25.9 Å². The highest BCUT2D eigenvalue weighted by Crippen LogP contribution is 2.25. The summed E-state index contributed by atoms with van der Waals surface area (Å²) < 4.78 is 5.33. The molecule has 122 valence electrons. The Morgan fingerprint density at radius 3 is 2.33 bits per heavy atom. The van der Waals surface area contributed by atoms with Crippen LogP contribution in [-0.4, -0.2) is 90.8 Å². The fraction of sp³-hybridized carbons (Fsp3) is 0.857. The molecular formula is C14H27N3O4. The third-order valence-electron chi connectivity index (χ3n) is 3.45. The Balaban J connectivity index is 2.45. The maximum Gasteiger partial charge on any atom is 0.329 e. The molecule has 0 aromatic rings.